The van der Waals surface area contributed by atoms with Crippen LogP contribution in [0.5, 0.6) is 11.5 Å². The summed E-state index contributed by atoms with van der Waals surface area (Å²) in [6.07, 6.45) is 5.22. The minimum atomic E-state index is -0.978. The molecule has 0 aliphatic rings. The molecule has 0 aliphatic carbocycles. The largest absolute Gasteiger partial charge is 0.482 e. The molecule has 13 heteroatoms. The second-order valence-corrected chi connectivity index (χ2v) is 14.9. The lowest BCUT2D eigenvalue weighted by Crippen LogP contribution is -2.14. The molecule has 58 heavy (non-hydrogen) atoms. The molecule has 1 N–H and O–H groups in total. The van der Waals surface area contributed by atoms with Crippen molar-refractivity contribution < 1.29 is 28.9 Å². The van der Waals surface area contributed by atoms with Gasteiger partial charge in [-0.2, -0.15) is 10.2 Å². The number of nitrogens with zero attached hydrogens (tertiary/aromatic N) is 4. The average molecular weight is 820 g/mol. The number of aromatic nitrogens is 4. The highest BCUT2D eigenvalue weighted by Crippen LogP contribution is 2.29. The van der Waals surface area contributed by atoms with E-state index in [4.69, 9.17) is 19.3 Å². The third-order valence-electron chi connectivity index (χ3n) is 8.68. The maximum atomic E-state index is 11.0. The number of hydrogen-bond donors (Lipinski definition) is 2. The van der Waals surface area contributed by atoms with E-state index in [9.17, 15) is 9.59 Å². The van der Waals surface area contributed by atoms with Crippen LogP contribution in [0, 0.1) is 41.5 Å². The van der Waals surface area contributed by atoms with Crippen LogP contribution in [-0.2, 0) is 26.5 Å². The molecule has 3 radical (unpaired) electrons. The highest BCUT2D eigenvalue weighted by molar-refractivity contribution is 7.98. The number of carboxylic acids is 1. The standard InChI is InChI=1S/C21H22N2O3S.C13H16N2.C11H14O3S.B/c1-14-4-6-18(7-5-14)23-11-17(16(3)22-23)13-27-19-8-9-20(15(2)10-19)26-12-21(24)25;1-4-12-9-15(14-11(12)3)13-7-5-10(2)6-8-13;1-3-13-11(12)7-14-10-5-4-9(15)6-8(10)2;/h4-11H,12-13H2,1-3H3,(H,24,25);5-9H,4H2,1-3H3;4-6,15H,3,7H2,1-2H3;. The summed E-state index contributed by atoms with van der Waals surface area (Å²) < 4.78 is 19.2. The molecule has 0 atom stereocenters. The van der Waals surface area contributed by atoms with Crippen LogP contribution in [-0.4, -0.2) is 64.8 Å². The average Bonchev–Trinajstić information content (AvgIpc) is 3.75. The van der Waals surface area contributed by atoms with E-state index < -0.39 is 5.97 Å². The Morgan fingerprint density at radius 2 is 1.19 bits per heavy atom. The second-order valence-electron chi connectivity index (χ2n) is 13.3. The molecule has 303 valence electrons. The first-order valence-corrected chi connectivity index (χ1v) is 20.1. The minimum Gasteiger partial charge on any atom is -0.482 e. The normalized spacial score (nSPS) is 10.3. The van der Waals surface area contributed by atoms with Crippen molar-refractivity contribution in [3.63, 3.8) is 0 Å². The van der Waals surface area contributed by atoms with Gasteiger partial charge < -0.3 is 19.3 Å². The smallest absolute Gasteiger partial charge is 0.344 e. The number of carbonyl (C=O) groups excluding carboxylic acids is 1. The van der Waals surface area contributed by atoms with E-state index in [0.29, 0.717) is 18.1 Å². The lowest BCUT2D eigenvalue weighted by molar-refractivity contribution is -0.145. The van der Waals surface area contributed by atoms with E-state index in [-0.39, 0.29) is 27.6 Å². The van der Waals surface area contributed by atoms with E-state index in [1.54, 1.807) is 24.8 Å². The summed E-state index contributed by atoms with van der Waals surface area (Å²) in [5.74, 6) is 0.763. The lowest BCUT2D eigenvalue weighted by atomic mass is 10.2. The molecule has 0 aliphatic heterocycles. The first-order chi connectivity index (χ1) is 27.3. The second kappa shape index (κ2) is 23.1. The number of carbonyl (C=O) groups is 2. The molecule has 2 aromatic heterocycles. The van der Waals surface area contributed by atoms with Crippen molar-refractivity contribution in [1.82, 2.24) is 19.6 Å². The van der Waals surface area contributed by atoms with Crippen LogP contribution in [0.2, 0.25) is 0 Å². The summed E-state index contributed by atoms with van der Waals surface area (Å²) in [6.45, 7) is 16.0. The Labute approximate surface area is 353 Å². The summed E-state index contributed by atoms with van der Waals surface area (Å²) in [5, 5.41) is 17.8. The number of thiol groups is 1. The monoisotopic (exact) mass is 819 g/mol. The van der Waals surface area contributed by atoms with Crippen molar-refractivity contribution in [3.05, 3.63) is 142 Å². The zero-order valence-corrected chi connectivity index (χ0v) is 36.2. The van der Waals surface area contributed by atoms with E-state index in [2.05, 4.69) is 111 Å². The number of hydrogen-bond acceptors (Lipinski definition) is 9. The maximum absolute atomic E-state index is 11.0. The summed E-state index contributed by atoms with van der Waals surface area (Å²) in [7, 11) is 0. The van der Waals surface area contributed by atoms with Crippen molar-refractivity contribution in [2.24, 2.45) is 0 Å². The fourth-order valence-electron chi connectivity index (χ4n) is 5.45. The van der Waals surface area contributed by atoms with Gasteiger partial charge in [0.25, 0.3) is 0 Å². The van der Waals surface area contributed by atoms with Gasteiger partial charge in [0.2, 0.25) is 0 Å². The number of thioether (sulfide) groups is 1. The molecule has 0 amide bonds. The Kier molecular flexibility index (Phi) is 18.7. The SMILES string of the molecule is CCOC(=O)COc1ccc(S)cc1C.CCc1cn(-c2ccc(C)cc2)nc1C.Cc1ccc(-n2cc(CSc3ccc(OCC(=O)O)c(C)c3)c(C)n2)cc1.[B]. The van der Waals surface area contributed by atoms with Crippen molar-refractivity contribution in [1.29, 1.82) is 0 Å². The third-order valence-corrected chi connectivity index (χ3v) is 10.0. The molecule has 6 rings (SSSR count). The first-order valence-electron chi connectivity index (χ1n) is 18.7. The molecule has 0 saturated carbocycles. The molecule has 0 bridgehead atoms. The quantitative estimate of drug-likeness (QED) is 0.0509. The molecular formula is C45H52BN4O6S2. The van der Waals surface area contributed by atoms with Crippen LogP contribution in [0.4, 0.5) is 0 Å². The van der Waals surface area contributed by atoms with Crippen molar-refractivity contribution >= 4 is 44.7 Å². The Morgan fingerprint density at radius 1 is 0.690 bits per heavy atom. The van der Waals surface area contributed by atoms with Gasteiger partial charge in [-0.3, -0.25) is 0 Å². The molecule has 10 nitrogen and oxygen atoms in total. The lowest BCUT2D eigenvalue weighted by Gasteiger charge is -2.09. The van der Waals surface area contributed by atoms with Gasteiger partial charge in [-0.05, 0) is 132 Å². The van der Waals surface area contributed by atoms with Crippen LogP contribution in [0.15, 0.2) is 107 Å². The van der Waals surface area contributed by atoms with Crippen LogP contribution < -0.4 is 9.47 Å². The zero-order valence-electron chi connectivity index (χ0n) is 34.5. The van der Waals surface area contributed by atoms with Crippen molar-refractivity contribution in [2.75, 3.05) is 19.8 Å². The summed E-state index contributed by atoms with van der Waals surface area (Å²) in [5.41, 5.74) is 11.2. The van der Waals surface area contributed by atoms with E-state index in [1.807, 2.05) is 60.5 Å². The minimum absolute atomic E-state index is 0. The summed E-state index contributed by atoms with van der Waals surface area (Å²) in [4.78, 5) is 23.6. The Morgan fingerprint density at radius 3 is 1.67 bits per heavy atom. The van der Waals surface area contributed by atoms with Gasteiger partial charge in [-0.1, -0.05) is 42.3 Å². The van der Waals surface area contributed by atoms with Gasteiger partial charge in [-0.25, -0.2) is 19.0 Å². The van der Waals surface area contributed by atoms with Gasteiger partial charge in [0.05, 0.1) is 29.4 Å². The fourth-order valence-corrected chi connectivity index (χ4v) is 6.75. The van der Waals surface area contributed by atoms with E-state index >= 15 is 0 Å². The fraction of sp³-hybridized carbons (Fsp3) is 0.289. The Hall–Kier alpha value is -5.40. The van der Waals surface area contributed by atoms with Gasteiger partial charge in [-0.15, -0.1) is 24.4 Å². The predicted molar refractivity (Wildman–Crippen MR) is 236 cm³/mol. The Bertz CT molecular complexity index is 2240. The van der Waals surface area contributed by atoms with Gasteiger partial charge in [0.1, 0.15) is 11.5 Å². The zero-order chi connectivity index (χ0) is 41.5. The van der Waals surface area contributed by atoms with Crippen molar-refractivity contribution in [3.8, 4) is 22.9 Å². The number of rotatable bonds is 13. The molecule has 4 aromatic carbocycles. The van der Waals surface area contributed by atoms with Crippen molar-refractivity contribution in [2.45, 2.75) is 77.4 Å². The van der Waals surface area contributed by atoms with Gasteiger partial charge in [0.15, 0.2) is 13.2 Å². The van der Waals surface area contributed by atoms with Crippen LogP contribution in [0.1, 0.15) is 58.6 Å². The highest BCUT2D eigenvalue weighted by atomic mass is 32.2. The summed E-state index contributed by atoms with van der Waals surface area (Å²) >= 11 is 5.92. The molecule has 0 saturated heterocycles. The topological polar surface area (TPSA) is 118 Å². The number of carboxylic acid groups (broad SMARTS) is 1. The molecule has 2 heterocycles. The molecule has 0 fully saturated rings. The van der Waals surface area contributed by atoms with Crippen LogP contribution in [0.3, 0.4) is 0 Å². The molecule has 0 spiro atoms. The van der Waals surface area contributed by atoms with Gasteiger partial charge >= 0.3 is 11.9 Å². The first kappa shape index (κ1) is 47.0. The number of benzene rings is 4. The van der Waals surface area contributed by atoms with E-state index in [1.165, 1.54) is 22.3 Å². The predicted octanol–water partition coefficient (Wildman–Crippen LogP) is 9.45. The summed E-state index contributed by atoms with van der Waals surface area (Å²) in [6, 6.07) is 28.0. The highest BCUT2D eigenvalue weighted by Gasteiger charge is 2.10. The number of ether oxygens (including phenoxy) is 3. The van der Waals surface area contributed by atoms with Crippen LogP contribution in [0.25, 0.3) is 11.4 Å². The molecule has 6 aromatic rings. The van der Waals surface area contributed by atoms with Gasteiger partial charge in [0, 0.05) is 41.9 Å². The maximum Gasteiger partial charge on any atom is 0.344 e. The van der Waals surface area contributed by atoms with Crippen LogP contribution >= 0.6 is 24.4 Å². The third kappa shape index (κ3) is 14.5. The molecule has 0 unspecified atom stereocenters. The Balaban J connectivity index is 0.000000248. The number of aliphatic carboxylic acids is 1. The molecular weight excluding hydrogens is 767 g/mol. The van der Waals surface area contributed by atoms with E-state index in [0.717, 1.165) is 55.9 Å². The number of aryl methyl sites for hydroxylation is 7. The number of esters is 1.